The molecule has 4 aromatic rings. The lowest BCUT2D eigenvalue weighted by molar-refractivity contribution is -0.121. The van der Waals surface area contributed by atoms with Gasteiger partial charge in [0.1, 0.15) is 17.4 Å². The number of aromatic nitrogens is 3. The van der Waals surface area contributed by atoms with Crippen LogP contribution >= 0.6 is 0 Å². The van der Waals surface area contributed by atoms with E-state index in [0.29, 0.717) is 11.1 Å². The molecule has 30 heavy (non-hydrogen) atoms. The number of rotatable bonds is 6. The fraction of sp³-hybridized carbons (Fsp3) is 0.217. The molecule has 0 aliphatic rings. The number of nitrogens with one attached hydrogen (secondary N) is 1. The Morgan fingerprint density at radius 2 is 1.87 bits per heavy atom. The number of hydrogen-bond acceptors (Lipinski definition) is 5. The summed E-state index contributed by atoms with van der Waals surface area (Å²) in [5, 5.41) is 7.31. The summed E-state index contributed by atoms with van der Waals surface area (Å²) in [6, 6.07) is 17.3. The Labute approximate surface area is 173 Å². The minimum absolute atomic E-state index is 0.109. The van der Waals surface area contributed by atoms with Crippen LogP contribution in [-0.4, -0.2) is 20.6 Å². The largest absolute Gasteiger partial charge is 0.350 e. The number of hydrogen-bond donors (Lipinski definition) is 1. The number of amides is 1. The molecule has 1 N–H and O–H groups in total. The molecule has 1 amide bonds. The number of benzene rings is 2. The van der Waals surface area contributed by atoms with Crippen molar-refractivity contribution >= 4 is 17.0 Å². The number of nitrogens with zero attached hydrogens (tertiary/aromatic N) is 3. The van der Waals surface area contributed by atoms with E-state index in [-0.39, 0.29) is 36.2 Å². The first-order chi connectivity index (χ1) is 14.5. The highest BCUT2D eigenvalue weighted by molar-refractivity contribution is 5.88. The molecule has 4 rings (SSSR count). The quantitative estimate of drug-likeness (QED) is 0.532. The van der Waals surface area contributed by atoms with Gasteiger partial charge in [0.05, 0.1) is 6.04 Å². The van der Waals surface area contributed by atoms with Crippen molar-refractivity contribution in [3.8, 4) is 11.3 Å². The first-order valence-corrected chi connectivity index (χ1v) is 9.79. The van der Waals surface area contributed by atoms with Gasteiger partial charge in [0.2, 0.25) is 5.91 Å². The fourth-order valence-electron chi connectivity index (χ4n) is 3.31. The van der Waals surface area contributed by atoms with Crippen molar-refractivity contribution in [3.63, 3.8) is 0 Å². The van der Waals surface area contributed by atoms with Gasteiger partial charge in [-0.15, -0.1) is 0 Å². The van der Waals surface area contributed by atoms with Crippen molar-refractivity contribution in [2.45, 2.75) is 32.9 Å². The minimum Gasteiger partial charge on any atom is -0.350 e. The lowest BCUT2D eigenvalue weighted by atomic mass is 10.1. The topological polar surface area (TPSA) is 90.0 Å². The third-order valence-corrected chi connectivity index (χ3v) is 5.05. The van der Waals surface area contributed by atoms with E-state index in [1.54, 1.807) is 0 Å². The maximum absolute atomic E-state index is 13.0. The number of carbonyl (C=O) groups is 1. The van der Waals surface area contributed by atoms with Crippen LogP contribution < -0.4 is 10.9 Å². The molecular formula is C23H22N4O3. The Kier molecular flexibility index (Phi) is 5.43. The molecule has 2 heterocycles. The molecule has 0 spiro atoms. The van der Waals surface area contributed by atoms with Crippen LogP contribution in [0.2, 0.25) is 0 Å². The maximum atomic E-state index is 13.0. The summed E-state index contributed by atoms with van der Waals surface area (Å²) in [4.78, 5) is 29.6. The highest BCUT2D eigenvalue weighted by atomic mass is 16.5. The van der Waals surface area contributed by atoms with Gasteiger partial charge >= 0.3 is 0 Å². The van der Waals surface area contributed by atoms with Crippen LogP contribution in [-0.2, 0) is 11.3 Å². The molecule has 152 valence electrons. The van der Waals surface area contributed by atoms with Gasteiger partial charge in [-0.05, 0) is 19.4 Å². The summed E-state index contributed by atoms with van der Waals surface area (Å²) < 4.78 is 6.66. The van der Waals surface area contributed by atoms with Crippen LogP contribution in [0.3, 0.4) is 0 Å². The molecule has 0 aliphatic heterocycles. The van der Waals surface area contributed by atoms with Gasteiger partial charge in [-0.1, -0.05) is 65.3 Å². The maximum Gasteiger partial charge on any atom is 0.266 e. The Morgan fingerprint density at radius 1 is 1.13 bits per heavy atom. The van der Waals surface area contributed by atoms with E-state index >= 15 is 0 Å². The van der Waals surface area contributed by atoms with E-state index in [1.165, 1.54) is 10.9 Å². The molecule has 7 heteroatoms. The predicted octanol–water partition coefficient (Wildman–Crippen LogP) is 3.63. The van der Waals surface area contributed by atoms with Crippen molar-refractivity contribution < 1.29 is 9.32 Å². The van der Waals surface area contributed by atoms with E-state index < -0.39 is 0 Å². The second-order valence-electron chi connectivity index (χ2n) is 7.27. The van der Waals surface area contributed by atoms with Crippen LogP contribution in [0.1, 0.15) is 30.5 Å². The van der Waals surface area contributed by atoms with Crippen molar-refractivity contribution in [2.24, 2.45) is 0 Å². The average Bonchev–Trinajstić information content (AvgIpc) is 3.19. The molecule has 0 unspecified atom stereocenters. The van der Waals surface area contributed by atoms with E-state index in [4.69, 9.17) is 4.52 Å². The zero-order valence-corrected chi connectivity index (χ0v) is 16.8. The number of aryl methyl sites for hydroxylation is 2. The Bertz CT molecular complexity index is 1230. The molecule has 0 fully saturated rings. The minimum atomic E-state index is -0.277. The van der Waals surface area contributed by atoms with Gasteiger partial charge in [0, 0.05) is 18.5 Å². The molecule has 1 atom stereocenters. The van der Waals surface area contributed by atoms with Gasteiger partial charge < -0.3 is 9.84 Å². The molecule has 7 nitrogen and oxygen atoms in total. The highest BCUT2D eigenvalue weighted by Crippen LogP contribution is 2.24. The zero-order valence-electron chi connectivity index (χ0n) is 16.8. The lowest BCUT2D eigenvalue weighted by Crippen LogP contribution is -2.29. The number of carbonyl (C=O) groups excluding carboxylic acids is 1. The average molecular weight is 402 g/mol. The van der Waals surface area contributed by atoms with Crippen LogP contribution in [0.5, 0.6) is 0 Å². The van der Waals surface area contributed by atoms with Gasteiger partial charge in [-0.3, -0.25) is 14.2 Å². The first kappa shape index (κ1) is 19.6. The Morgan fingerprint density at radius 3 is 2.60 bits per heavy atom. The monoisotopic (exact) mass is 402 g/mol. The second-order valence-corrected chi connectivity index (χ2v) is 7.27. The molecule has 2 aromatic carbocycles. The van der Waals surface area contributed by atoms with Crippen molar-refractivity contribution in [3.05, 3.63) is 82.4 Å². The normalized spacial score (nSPS) is 12.1. The Balaban J connectivity index is 1.51. The van der Waals surface area contributed by atoms with Crippen molar-refractivity contribution in [1.29, 1.82) is 0 Å². The fourth-order valence-corrected chi connectivity index (χ4v) is 3.31. The third kappa shape index (κ3) is 4.00. The standard InChI is InChI=1S/C23H22N4O3/c1-15-8-10-18(11-9-15)21-20-22(30-26-21)24-14-27(23(20)29)13-12-19(28)25-16(2)17-6-4-3-5-7-17/h3-11,14,16H,12-13H2,1-2H3,(H,25,28)/t16-/m0/s1. The molecule has 2 aromatic heterocycles. The molecule has 0 bridgehead atoms. The summed E-state index contributed by atoms with van der Waals surface area (Å²) in [5.41, 5.74) is 3.29. The van der Waals surface area contributed by atoms with Gasteiger partial charge in [0.15, 0.2) is 0 Å². The van der Waals surface area contributed by atoms with E-state index in [1.807, 2.05) is 68.4 Å². The molecular weight excluding hydrogens is 380 g/mol. The third-order valence-electron chi connectivity index (χ3n) is 5.05. The molecule has 0 saturated heterocycles. The van der Waals surface area contributed by atoms with E-state index in [0.717, 1.165) is 16.7 Å². The first-order valence-electron chi connectivity index (χ1n) is 9.79. The molecule has 0 aliphatic carbocycles. The van der Waals surface area contributed by atoms with E-state index in [9.17, 15) is 9.59 Å². The summed E-state index contributed by atoms with van der Waals surface area (Å²) in [5.74, 6) is -0.137. The number of fused-ring (bicyclic) bond motifs is 1. The summed E-state index contributed by atoms with van der Waals surface area (Å²) >= 11 is 0. The summed E-state index contributed by atoms with van der Waals surface area (Å²) in [6.45, 7) is 4.13. The Hall–Kier alpha value is -3.74. The van der Waals surface area contributed by atoms with Gasteiger partial charge in [-0.25, -0.2) is 4.98 Å². The smallest absolute Gasteiger partial charge is 0.266 e. The zero-order chi connectivity index (χ0) is 21.1. The predicted molar refractivity (Wildman–Crippen MR) is 114 cm³/mol. The van der Waals surface area contributed by atoms with Crippen LogP contribution in [0.25, 0.3) is 22.4 Å². The van der Waals surface area contributed by atoms with Crippen LogP contribution in [0.15, 0.2) is 70.2 Å². The van der Waals surface area contributed by atoms with Crippen LogP contribution in [0, 0.1) is 6.92 Å². The van der Waals surface area contributed by atoms with Crippen LogP contribution in [0.4, 0.5) is 0 Å². The van der Waals surface area contributed by atoms with Gasteiger partial charge in [-0.2, -0.15) is 0 Å². The van der Waals surface area contributed by atoms with Crippen molar-refractivity contribution in [1.82, 2.24) is 20.0 Å². The molecule has 0 saturated carbocycles. The van der Waals surface area contributed by atoms with Crippen molar-refractivity contribution in [2.75, 3.05) is 0 Å². The summed E-state index contributed by atoms with van der Waals surface area (Å²) in [7, 11) is 0. The SMILES string of the molecule is Cc1ccc(-c2noc3ncn(CCC(=O)N[C@@H](C)c4ccccc4)c(=O)c23)cc1. The lowest BCUT2D eigenvalue weighted by Gasteiger charge is -2.14. The molecule has 0 radical (unpaired) electrons. The summed E-state index contributed by atoms with van der Waals surface area (Å²) in [6.07, 6.45) is 1.55. The van der Waals surface area contributed by atoms with E-state index in [2.05, 4.69) is 15.5 Å². The van der Waals surface area contributed by atoms with Gasteiger partial charge in [0.25, 0.3) is 11.3 Å². The second kappa shape index (κ2) is 8.32. The highest BCUT2D eigenvalue weighted by Gasteiger charge is 2.17.